The summed E-state index contributed by atoms with van der Waals surface area (Å²) in [6.07, 6.45) is 0. The van der Waals surface area contributed by atoms with Gasteiger partial charge >= 0.3 is 6.03 Å². The molecule has 27 heavy (non-hydrogen) atoms. The molecule has 4 N–H and O–H groups in total. The molecule has 136 valence electrons. The Bertz CT molecular complexity index is 942. The van der Waals surface area contributed by atoms with Crippen LogP contribution < -0.4 is 21.3 Å². The average Bonchev–Trinajstić information content (AvgIpc) is 2.69. The smallest absolute Gasteiger partial charge is 0.318 e. The highest BCUT2D eigenvalue weighted by Gasteiger charge is 2.12. The van der Waals surface area contributed by atoms with E-state index in [0.717, 1.165) is 5.69 Å². The van der Waals surface area contributed by atoms with Gasteiger partial charge in [-0.2, -0.15) is 0 Å². The van der Waals surface area contributed by atoms with Crippen LogP contribution in [0.25, 0.3) is 0 Å². The third-order valence-electron chi connectivity index (χ3n) is 3.83. The van der Waals surface area contributed by atoms with Gasteiger partial charge in [0.25, 0.3) is 5.91 Å². The zero-order chi connectivity index (χ0) is 19.1. The second kappa shape index (κ2) is 8.53. The summed E-state index contributed by atoms with van der Waals surface area (Å²) in [6.45, 7) is 0. The van der Waals surface area contributed by atoms with Crippen molar-refractivity contribution in [2.75, 3.05) is 23.0 Å². The number of anilines is 4. The molecule has 0 aliphatic carbocycles. The van der Waals surface area contributed by atoms with Gasteiger partial charge < -0.3 is 21.3 Å². The van der Waals surface area contributed by atoms with Crippen LogP contribution in [0.1, 0.15) is 10.4 Å². The zero-order valence-electron chi connectivity index (χ0n) is 14.8. The highest BCUT2D eigenvalue weighted by molar-refractivity contribution is 6.08. The Morgan fingerprint density at radius 3 is 2.07 bits per heavy atom. The van der Waals surface area contributed by atoms with Crippen LogP contribution in [0.2, 0.25) is 0 Å². The molecule has 0 aliphatic heterocycles. The fraction of sp³-hybridized carbons (Fsp3) is 0.0476. The molecule has 0 saturated heterocycles. The van der Waals surface area contributed by atoms with Crippen molar-refractivity contribution in [3.05, 3.63) is 84.4 Å². The van der Waals surface area contributed by atoms with E-state index in [4.69, 9.17) is 0 Å². The van der Waals surface area contributed by atoms with Crippen LogP contribution in [-0.4, -0.2) is 19.0 Å². The number of hydrogen-bond acceptors (Lipinski definition) is 3. The van der Waals surface area contributed by atoms with Crippen molar-refractivity contribution in [1.29, 1.82) is 0 Å². The van der Waals surface area contributed by atoms with Crippen LogP contribution in [0.3, 0.4) is 0 Å². The lowest BCUT2D eigenvalue weighted by molar-refractivity contribution is 0.102. The molecule has 0 aliphatic rings. The standard InChI is InChI=1S/C21H20N4O2/c1-22-21(27)25-17-11-7-10-16(14-17)24-20(26)18-12-5-6-13-19(18)23-15-8-3-2-4-9-15/h2-14,23H,1H3,(H,24,26)(H2,22,25,27). The summed E-state index contributed by atoms with van der Waals surface area (Å²) in [5, 5.41) is 11.3. The molecule has 3 aromatic rings. The number of rotatable bonds is 5. The molecule has 3 rings (SSSR count). The summed E-state index contributed by atoms with van der Waals surface area (Å²) in [7, 11) is 1.54. The second-order valence-corrected chi connectivity index (χ2v) is 5.78. The van der Waals surface area contributed by atoms with Gasteiger partial charge in [-0.15, -0.1) is 0 Å². The van der Waals surface area contributed by atoms with Gasteiger partial charge in [-0.25, -0.2) is 4.79 Å². The molecule has 0 unspecified atom stereocenters. The minimum absolute atomic E-state index is 0.244. The monoisotopic (exact) mass is 360 g/mol. The van der Waals surface area contributed by atoms with Crippen LogP contribution >= 0.6 is 0 Å². The van der Waals surface area contributed by atoms with Crippen molar-refractivity contribution in [2.24, 2.45) is 0 Å². The number of urea groups is 1. The van der Waals surface area contributed by atoms with E-state index in [1.165, 1.54) is 7.05 Å². The Morgan fingerprint density at radius 2 is 1.33 bits per heavy atom. The summed E-state index contributed by atoms with van der Waals surface area (Å²) in [5.74, 6) is -0.244. The van der Waals surface area contributed by atoms with E-state index in [9.17, 15) is 9.59 Å². The molecule has 0 fully saturated rings. The van der Waals surface area contributed by atoms with Crippen molar-refractivity contribution < 1.29 is 9.59 Å². The fourth-order valence-electron chi connectivity index (χ4n) is 2.53. The number of carbonyl (C=O) groups excluding carboxylic acids is 2. The number of nitrogens with one attached hydrogen (secondary N) is 4. The molecule has 6 nitrogen and oxygen atoms in total. The Balaban J connectivity index is 1.77. The van der Waals surface area contributed by atoms with Crippen molar-refractivity contribution in [3.8, 4) is 0 Å². The predicted octanol–water partition coefficient (Wildman–Crippen LogP) is 4.43. The molecule has 0 bridgehead atoms. The van der Waals surface area contributed by atoms with Crippen LogP contribution in [0.15, 0.2) is 78.9 Å². The van der Waals surface area contributed by atoms with E-state index in [0.29, 0.717) is 22.6 Å². The van der Waals surface area contributed by atoms with Gasteiger partial charge in [0.05, 0.1) is 11.3 Å². The SMILES string of the molecule is CNC(=O)Nc1cccc(NC(=O)c2ccccc2Nc2ccccc2)c1. The normalized spacial score (nSPS) is 9.96. The first kappa shape index (κ1) is 18.0. The molecule has 0 radical (unpaired) electrons. The number of amides is 3. The number of benzene rings is 3. The predicted molar refractivity (Wildman–Crippen MR) is 109 cm³/mol. The number of carbonyl (C=O) groups is 2. The Kier molecular flexibility index (Phi) is 5.69. The third kappa shape index (κ3) is 4.85. The lowest BCUT2D eigenvalue weighted by Gasteiger charge is -2.13. The van der Waals surface area contributed by atoms with E-state index in [1.54, 1.807) is 30.3 Å². The van der Waals surface area contributed by atoms with Crippen molar-refractivity contribution in [1.82, 2.24) is 5.32 Å². The molecule has 6 heteroatoms. The third-order valence-corrected chi connectivity index (χ3v) is 3.83. The fourth-order valence-corrected chi connectivity index (χ4v) is 2.53. The van der Waals surface area contributed by atoms with E-state index in [-0.39, 0.29) is 11.9 Å². The lowest BCUT2D eigenvalue weighted by Crippen LogP contribution is -2.24. The van der Waals surface area contributed by atoms with E-state index in [1.807, 2.05) is 48.5 Å². The van der Waals surface area contributed by atoms with Gasteiger partial charge in [-0.3, -0.25) is 4.79 Å². The lowest BCUT2D eigenvalue weighted by atomic mass is 10.1. The molecule has 0 saturated carbocycles. The van der Waals surface area contributed by atoms with Crippen LogP contribution in [0.4, 0.5) is 27.5 Å². The Hall–Kier alpha value is -3.80. The molecule has 3 aromatic carbocycles. The topological polar surface area (TPSA) is 82.3 Å². The van der Waals surface area contributed by atoms with Crippen molar-refractivity contribution in [2.45, 2.75) is 0 Å². The minimum Gasteiger partial charge on any atom is -0.355 e. The van der Waals surface area contributed by atoms with Crippen molar-refractivity contribution >= 4 is 34.7 Å². The first-order valence-corrected chi connectivity index (χ1v) is 8.47. The Labute approximate surface area is 157 Å². The summed E-state index contributed by atoms with van der Waals surface area (Å²) in [5.41, 5.74) is 3.30. The Morgan fingerprint density at radius 1 is 0.704 bits per heavy atom. The highest BCUT2D eigenvalue weighted by atomic mass is 16.2. The first-order chi connectivity index (χ1) is 13.2. The van der Waals surface area contributed by atoms with Gasteiger partial charge in [0, 0.05) is 24.1 Å². The van der Waals surface area contributed by atoms with E-state index < -0.39 is 0 Å². The van der Waals surface area contributed by atoms with Gasteiger partial charge in [-0.05, 0) is 42.5 Å². The minimum atomic E-state index is -0.323. The molecular weight excluding hydrogens is 340 g/mol. The van der Waals surface area contributed by atoms with Gasteiger partial charge in [-0.1, -0.05) is 36.4 Å². The quantitative estimate of drug-likeness (QED) is 0.543. The van der Waals surface area contributed by atoms with Gasteiger partial charge in [0.15, 0.2) is 0 Å². The van der Waals surface area contributed by atoms with Gasteiger partial charge in [0.2, 0.25) is 0 Å². The molecule has 0 aromatic heterocycles. The van der Waals surface area contributed by atoms with Crippen LogP contribution in [0, 0.1) is 0 Å². The molecule has 0 heterocycles. The maximum absolute atomic E-state index is 12.8. The summed E-state index contributed by atoms with van der Waals surface area (Å²) >= 11 is 0. The number of hydrogen-bond donors (Lipinski definition) is 4. The van der Waals surface area contributed by atoms with E-state index >= 15 is 0 Å². The maximum Gasteiger partial charge on any atom is 0.318 e. The largest absolute Gasteiger partial charge is 0.355 e. The molecule has 0 spiro atoms. The molecule has 3 amide bonds. The molecular formula is C21H20N4O2. The summed E-state index contributed by atoms with van der Waals surface area (Å²) < 4.78 is 0. The van der Waals surface area contributed by atoms with E-state index in [2.05, 4.69) is 21.3 Å². The van der Waals surface area contributed by atoms with Gasteiger partial charge in [0.1, 0.15) is 0 Å². The average molecular weight is 360 g/mol. The maximum atomic E-state index is 12.8. The number of para-hydroxylation sites is 2. The zero-order valence-corrected chi connectivity index (χ0v) is 14.8. The van der Waals surface area contributed by atoms with Crippen molar-refractivity contribution in [3.63, 3.8) is 0 Å². The van der Waals surface area contributed by atoms with Crippen LogP contribution in [0.5, 0.6) is 0 Å². The highest BCUT2D eigenvalue weighted by Crippen LogP contribution is 2.22. The summed E-state index contributed by atoms with van der Waals surface area (Å²) in [6, 6.07) is 23.6. The molecule has 0 atom stereocenters. The van der Waals surface area contributed by atoms with Crippen LogP contribution in [-0.2, 0) is 0 Å². The summed E-state index contributed by atoms with van der Waals surface area (Å²) in [4.78, 5) is 24.2. The first-order valence-electron chi connectivity index (χ1n) is 8.47. The second-order valence-electron chi connectivity index (χ2n) is 5.78.